The van der Waals surface area contributed by atoms with Crippen LogP contribution in [0.5, 0.6) is 5.75 Å². The zero-order valence-corrected chi connectivity index (χ0v) is 24.0. The maximum absolute atomic E-state index is 13.8. The third-order valence-electron chi connectivity index (χ3n) is 7.48. The number of aromatic amines is 1. The van der Waals surface area contributed by atoms with Gasteiger partial charge in [0.25, 0.3) is 0 Å². The number of aromatic nitrogens is 2. The van der Waals surface area contributed by atoms with Gasteiger partial charge in [-0.05, 0) is 48.2 Å². The summed E-state index contributed by atoms with van der Waals surface area (Å²) < 4.78 is 5.27. The van der Waals surface area contributed by atoms with Crippen LogP contribution < -0.4 is 10.1 Å². The molecule has 39 heavy (non-hydrogen) atoms. The minimum Gasteiger partial charge on any atom is -0.497 e. The van der Waals surface area contributed by atoms with Gasteiger partial charge in [-0.25, -0.2) is 4.98 Å². The first-order chi connectivity index (χ1) is 18.8. The number of rotatable bonds is 13. The Hall–Kier alpha value is -3.03. The second-order valence-corrected chi connectivity index (χ2v) is 11.1. The summed E-state index contributed by atoms with van der Waals surface area (Å²) in [6.45, 7) is 3.34. The van der Waals surface area contributed by atoms with Crippen molar-refractivity contribution in [3.8, 4) is 5.75 Å². The Balaban J connectivity index is 1.49. The normalized spacial score (nSPS) is 14.9. The molecule has 1 unspecified atom stereocenters. The van der Waals surface area contributed by atoms with Crippen LogP contribution in [0.1, 0.15) is 55.8 Å². The van der Waals surface area contributed by atoms with Crippen LogP contribution in [0.3, 0.4) is 0 Å². The molecule has 1 aromatic heterocycles. The molecule has 208 valence electrons. The number of carbonyl (C=O) groups excluding carboxylic acids is 2. The lowest BCUT2D eigenvalue weighted by Gasteiger charge is -2.52. The minimum absolute atomic E-state index is 0.0786. The molecule has 1 atom stereocenters. The first-order valence-corrected chi connectivity index (χ1v) is 14.2. The first kappa shape index (κ1) is 29.0. The Morgan fingerprint density at radius 1 is 1.13 bits per heavy atom. The average molecular weight is 572 g/mol. The van der Waals surface area contributed by atoms with Crippen LogP contribution in [-0.4, -0.2) is 52.9 Å². The van der Waals surface area contributed by atoms with Gasteiger partial charge in [0.05, 0.1) is 29.2 Å². The van der Waals surface area contributed by atoms with Crippen molar-refractivity contribution in [2.45, 2.75) is 63.3 Å². The number of carbonyl (C=O) groups is 2. The maximum Gasteiger partial charge on any atom is 0.245 e. The van der Waals surface area contributed by atoms with E-state index in [1.54, 1.807) is 19.6 Å². The van der Waals surface area contributed by atoms with E-state index in [1.807, 2.05) is 47.4 Å². The predicted octanol–water partition coefficient (Wildman–Crippen LogP) is 5.75. The van der Waals surface area contributed by atoms with Gasteiger partial charge in [-0.15, -0.1) is 0 Å². The molecule has 0 bridgehead atoms. The van der Waals surface area contributed by atoms with Crippen molar-refractivity contribution in [1.82, 2.24) is 20.2 Å². The largest absolute Gasteiger partial charge is 0.497 e. The number of imidazole rings is 1. The minimum atomic E-state index is -0.674. The SMILES string of the molecule is CCCCCC1(c2ccc(Cl)c(Cl)c2)CN(C(=O)C(Cc2ccc(OC)cc2)NC(=O)CCc2c[nH]cn2)C1. The van der Waals surface area contributed by atoms with E-state index < -0.39 is 6.04 Å². The fraction of sp³-hybridized carbons (Fsp3) is 0.433. The van der Waals surface area contributed by atoms with Crippen LogP contribution in [0.2, 0.25) is 10.0 Å². The van der Waals surface area contributed by atoms with Crippen molar-refractivity contribution in [2.75, 3.05) is 20.2 Å². The molecule has 0 aliphatic carbocycles. The number of likely N-dealkylation sites (tertiary alicyclic amines) is 1. The zero-order valence-electron chi connectivity index (χ0n) is 22.5. The van der Waals surface area contributed by atoms with E-state index >= 15 is 0 Å². The maximum atomic E-state index is 13.8. The summed E-state index contributed by atoms with van der Waals surface area (Å²) in [5.74, 6) is 0.486. The van der Waals surface area contributed by atoms with Crippen LogP contribution in [0.4, 0.5) is 0 Å². The van der Waals surface area contributed by atoms with Crippen molar-refractivity contribution < 1.29 is 14.3 Å². The number of methoxy groups -OCH3 is 1. The van der Waals surface area contributed by atoms with Crippen molar-refractivity contribution in [1.29, 1.82) is 0 Å². The van der Waals surface area contributed by atoms with Crippen LogP contribution in [0.15, 0.2) is 55.0 Å². The smallest absolute Gasteiger partial charge is 0.245 e. The van der Waals surface area contributed by atoms with Gasteiger partial charge in [0, 0.05) is 37.5 Å². The molecule has 1 fully saturated rings. The van der Waals surface area contributed by atoms with E-state index in [-0.39, 0.29) is 23.7 Å². The molecule has 4 rings (SSSR count). The second-order valence-electron chi connectivity index (χ2n) is 10.3. The molecule has 1 aliphatic rings. The number of hydrogen-bond acceptors (Lipinski definition) is 4. The first-order valence-electron chi connectivity index (χ1n) is 13.5. The van der Waals surface area contributed by atoms with Crippen molar-refractivity contribution >= 4 is 35.0 Å². The van der Waals surface area contributed by atoms with Gasteiger partial charge < -0.3 is 19.9 Å². The fourth-order valence-corrected chi connectivity index (χ4v) is 5.52. The van der Waals surface area contributed by atoms with E-state index in [0.717, 1.165) is 48.3 Å². The summed E-state index contributed by atoms with van der Waals surface area (Å²) in [6, 6.07) is 12.7. The topological polar surface area (TPSA) is 87.3 Å². The summed E-state index contributed by atoms with van der Waals surface area (Å²) >= 11 is 12.6. The number of nitrogens with zero attached hydrogens (tertiary/aromatic N) is 2. The molecule has 1 aliphatic heterocycles. The van der Waals surface area contributed by atoms with Crippen molar-refractivity contribution in [2.24, 2.45) is 0 Å². The lowest BCUT2D eigenvalue weighted by molar-refractivity contribution is -0.143. The molecule has 3 aromatic rings. The molecule has 0 saturated carbocycles. The van der Waals surface area contributed by atoms with E-state index in [2.05, 4.69) is 22.2 Å². The van der Waals surface area contributed by atoms with Crippen LogP contribution in [0, 0.1) is 0 Å². The van der Waals surface area contributed by atoms with Gasteiger partial charge >= 0.3 is 0 Å². The highest BCUT2D eigenvalue weighted by Crippen LogP contribution is 2.41. The van der Waals surface area contributed by atoms with Gasteiger partial charge in [-0.1, -0.05) is 67.6 Å². The van der Waals surface area contributed by atoms with E-state index in [9.17, 15) is 9.59 Å². The van der Waals surface area contributed by atoms with Crippen LogP contribution >= 0.6 is 23.2 Å². The van der Waals surface area contributed by atoms with Gasteiger partial charge in [0.2, 0.25) is 11.8 Å². The van der Waals surface area contributed by atoms with E-state index in [4.69, 9.17) is 27.9 Å². The highest BCUT2D eigenvalue weighted by atomic mass is 35.5. The molecule has 0 spiro atoms. The molecule has 2 amide bonds. The number of nitrogens with one attached hydrogen (secondary N) is 2. The van der Waals surface area contributed by atoms with Gasteiger partial charge in [0.15, 0.2) is 0 Å². The summed E-state index contributed by atoms with van der Waals surface area (Å²) in [5.41, 5.74) is 2.69. The summed E-state index contributed by atoms with van der Waals surface area (Å²) in [6.07, 6.45) is 8.78. The van der Waals surface area contributed by atoms with Crippen molar-refractivity contribution in [3.63, 3.8) is 0 Å². The van der Waals surface area contributed by atoms with Crippen LogP contribution in [-0.2, 0) is 27.8 Å². The number of unbranched alkanes of at least 4 members (excludes halogenated alkanes) is 2. The Labute approximate surface area is 240 Å². The van der Waals surface area contributed by atoms with Gasteiger partial charge in [-0.2, -0.15) is 0 Å². The number of halogens is 2. The second kappa shape index (κ2) is 13.4. The number of benzene rings is 2. The van der Waals surface area contributed by atoms with Crippen LogP contribution in [0.25, 0.3) is 0 Å². The number of aryl methyl sites for hydroxylation is 1. The summed E-state index contributed by atoms with van der Waals surface area (Å²) in [4.78, 5) is 35.7. The Morgan fingerprint density at radius 3 is 2.54 bits per heavy atom. The number of amides is 2. The third kappa shape index (κ3) is 7.34. The van der Waals surface area contributed by atoms with Gasteiger partial charge in [0.1, 0.15) is 11.8 Å². The lowest BCUT2D eigenvalue weighted by Crippen LogP contribution is -2.65. The molecule has 2 N–H and O–H groups in total. The number of ether oxygens (including phenoxy) is 1. The standard InChI is InChI=1S/C30H36Cl2N4O3/c1-3-4-5-14-30(22-8-12-25(31)26(32)16-22)18-36(19-30)29(38)27(15-21-6-10-24(39-2)11-7-21)35-28(37)13-9-23-17-33-20-34-23/h6-8,10-12,16-17,20,27H,3-5,9,13-15,18-19H2,1-2H3,(H,33,34)(H,35,37). The fourth-order valence-electron chi connectivity index (χ4n) is 5.22. The van der Waals surface area contributed by atoms with E-state index in [1.165, 1.54) is 0 Å². The quantitative estimate of drug-likeness (QED) is 0.256. The third-order valence-corrected chi connectivity index (χ3v) is 8.22. The average Bonchev–Trinajstić information content (AvgIpc) is 3.44. The van der Waals surface area contributed by atoms with Crippen molar-refractivity contribution in [3.05, 3.63) is 81.9 Å². The highest BCUT2D eigenvalue weighted by molar-refractivity contribution is 6.42. The Bertz CT molecular complexity index is 1240. The van der Waals surface area contributed by atoms with E-state index in [0.29, 0.717) is 36.0 Å². The Kier molecular flexibility index (Phi) is 9.92. The molecular formula is C30H36Cl2N4O3. The summed E-state index contributed by atoms with van der Waals surface area (Å²) in [7, 11) is 1.62. The number of H-pyrrole nitrogens is 1. The predicted molar refractivity (Wildman–Crippen MR) is 154 cm³/mol. The molecule has 0 radical (unpaired) electrons. The molecule has 7 nitrogen and oxygen atoms in total. The Morgan fingerprint density at radius 2 is 1.90 bits per heavy atom. The molecular weight excluding hydrogens is 535 g/mol. The molecule has 1 saturated heterocycles. The number of hydrogen-bond donors (Lipinski definition) is 2. The molecule has 2 aromatic carbocycles. The molecule has 2 heterocycles. The van der Waals surface area contributed by atoms with Gasteiger partial charge in [-0.3, -0.25) is 9.59 Å². The molecule has 9 heteroatoms. The lowest BCUT2D eigenvalue weighted by atomic mass is 9.70. The highest BCUT2D eigenvalue weighted by Gasteiger charge is 2.47. The monoisotopic (exact) mass is 570 g/mol. The summed E-state index contributed by atoms with van der Waals surface area (Å²) in [5, 5.41) is 4.05. The zero-order chi connectivity index (χ0) is 27.8.